The van der Waals surface area contributed by atoms with Crippen LogP contribution < -0.4 is 11.1 Å². The summed E-state index contributed by atoms with van der Waals surface area (Å²) in [4.78, 5) is 8.50. The predicted molar refractivity (Wildman–Crippen MR) is 118 cm³/mol. The fourth-order valence-corrected chi connectivity index (χ4v) is 2.30. The summed E-state index contributed by atoms with van der Waals surface area (Å²) >= 11 is 0. The number of pyridine rings is 1. The number of rotatable bonds is 6. The van der Waals surface area contributed by atoms with Crippen LogP contribution in [0.15, 0.2) is 78.1 Å². The van der Waals surface area contributed by atoms with E-state index in [1.54, 1.807) is 0 Å². The SMILES string of the molecule is C=C(C)Cc1cccc(-c2ccccn2)c1.C=C(C)NC(N)=NC(C)CC. The van der Waals surface area contributed by atoms with Crippen LogP contribution in [0, 0.1) is 0 Å². The minimum Gasteiger partial charge on any atom is -0.370 e. The predicted octanol–water partition coefficient (Wildman–Crippen LogP) is 5.09. The smallest absolute Gasteiger partial charge is 0.193 e. The highest BCUT2D eigenvalue weighted by Crippen LogP contribution is 2.18. The molecular formula is C23H32N4. The van der Waals surface area contributed by atoms with Gasteiger partial charge in [-0.15, -0.1) is 0 Å². The first kappa shape index (κ1) is 22.2. The molecule has 0 spiro atoms. The molecule has 0 aliphatic rings. The van der Waals surface area contributed by atoms with Gasteiger partial charge in [0.15, 0.2) is 5.96 Å². The first-order chi connectivity index (χ1) is 12.8. The molecule has 2 rings (SSSR count). The van der Waals surface area contributed by atoms with Crippen molar-refractivity contribution >= 4 is 5.96 Å². The molecule has 4 nitrogen and oxygen atoms in total. The van der Waals surface area contributed by atoms with Gasteiger partial charge in [-0.3, -0.25) is 9.98 Å². The van der Waals surface area contributed by atoms with Crippen molar-refractivity contribution in [1.29, 1.82) is 0 Å². The Balaban J connectivity index is 0.000000293. The highest BCUT2D eigenvalue weighted by molar-refractivity contribution is 5.79. The Bertz CT molecular complexity index is 763. The molecule has 1 aromatic heterocycles. The second-order valence-corrected chi connectivity index (χ2v) is 6.73. The van der Waals surface area contributed by atoms with Gasteiger partial charge in [-0.1, -0.05) is 49.9 Å². The van der Waals surface area contributed by atoms with Crippen LogP contribution >= 0.6 is 0 Å². The van der Waals surface area contributed by atoms with Crippen LogP contribution in [0.5, 0.6) is 0 Å². The van der Waals surface area contributed by atoms with Crippen molar-refractivity contribution in [3.05, 3.63) is 78.7 Å². The molecule has 1 aromatic carbocycles. The number of guanidine groups is 1. The van der Waals surface area contributed by atoms with Crippen LogP contribution in [0.2, 0.25) is 0 Å². The highest BCUT2D eigenvalue weighted by atomic mass is 15.1. The molecule has 1 heterocycles. The molecule has 0 aliphatic heterocycles. The number of allylic oxidation sites excluding steroid dienone is 2. The van der Waals surface area contributed by atoms with E-state index in [1.165, 1.54) is 16.7 Å². The third-order valence-electron chi connectivity index (χ3n) is 3.69. The normalized spacial score (nSPS) is 11.8. The van der Waals surface area contributed by atoms with Gasteiger partial charge >= 0.3 is 0 Å². The zero-order valence-electron chi connectivity index (χ0n) is 17.0. The molecule has 0 amide bonds. The number of nitrogens with one attached hydrogen (secondary N) is 1. The van der Waals surface area contributed by atoms with Crippen molar-refractivity contribution in [2.45, 2.75) is 46.6 Å². The van der Waals surface area contributed by atoms with Crippen LogP contribution in [0.3, 0.4) is 0 Å². The maximum Gasteiger partial charge on any atom is 0.193 e. The van der Waals surface area contributed by atoms with Crippen LogP contribution in [0.4, 0.5) is 0 Å². The average molecular weight is 365 g/mol. The molecule has 3 N–H and O–H groups in total. The number of hydrogen-bond acceptors (Lipinski definition) is 2. The van der Waals surface area contributed by atoms with Crippen molar-refractivity contribution < 1.29 is 0 Å². The van der Waals surface area contributed by atoms with E-state index in [4.69, 9.17) is 5.73 Å². The minimum absolute atomic E-state index is 0.279. The Morgan fingerprint density at radius 3 is 2.48 bits per heavy atom. The summed E-state index contributed by atoms with van der Waals surface area (Å²) in [5.41, 5.74) is 11.0. The lowest BCUT2D eigenvalue weighted by molar-refractivity contribution is 0.711. The topological polar surface area (TPSA) is 63.3 Å². The molecule has 27 heavy (non-hydrogen) atoms. The fraction of sp³-hybridized carbons (Fsp3) is 0.304. The summed E-state index contributed by atoms with van der Waals surface area (Å²) in [6.07, 6.45) is 3.75. The van der Waals surface area contributed by atoms with Gasteiger partial charge in [0.25, 0.3) is 0 Å². The maximum absolute atomic E-state index is 5.53. The number of aliphatic imine (C=N–C) groups is 1. The first-order valence-corrected chi connectivity index (χ1v) is 9.22. The van der Waals surface area contributed by atoms with Gasteiger partial charge in [0.05, 0.1) is 11.7 Å². The molecule has 0 saturated heterocycles. The monoisotopic (exact) mass is 364 g/mol. The lowest BCUT2D eigenvalue weighted by Gasteiger charge is -2.06. The summed E-state index contributed by atoms with van der Waals surface area (Å²) < 4.78 is 0. The van der Waals surface area contributed by atoms with Crippen molar-refractivity contribution in [2.75, 3.05) is 0 Å². The Morgan fingerprint density at radius 2 is 1.93 bits per heavy atom. The molecule has 4 heteroatoms. The van der Waals surface area contributed by atoms with Crippen molar-refractivity contribution in [3.8, 4) is 11.3 Å². The van der Waals surface area contributed by atoms with Crippen LogP contribution in [-0.2, 0) is 6.42 Å². The zero-order chi connectivity index (χ0) is 20.2. The quantitative estimate of drug-likeness (QED) is 0.426. The molecular weight excluding hydrogens is 332 g/mol. The van der Waals surface area contributed by atoms with Gasteiger partial charge < -0.3 is 11.1 Å². The third-order valence-corrected chi connectivity index (χ3v) is 3.69. The van der Waals surface area contributed by atoms with Gasteiger partial charge in [-0.25, -0.2) is 0 Å². The van der Waals surface area contributed by atoms with E-state index in [2.05, 4.69) is 59.6 Å². The summed E-state index contributed by atoms with van der Waals surface area (Å²) in [5, 5.41) is 2.84. The molecule has 1 unspecified atom stereocenters. The molecule has 0 fully saturated rings. The first-order valence-electron chi connectivity index (χ1n) is 9.22. The van der Waals surface area contributed by atoms with E-state index in [9.17, 15) is 0 Å². The van der Waals surface area contributed by atoms with E-state index in [-0.39, 0.29) is 6.04 Å². The number of aromatic nitrogens is 1. The molecule has 1 atom stereocenters. The van der Waals surface area contributed by atoms with Gasteiger partial charge in [-0.05, 0) is 57.4 Å². The molecule has 0 bridgehead atoms. The summed E-state index contributed by atoms with van der Waals surface area (Å²) in [5.74, 6) is 0.451. The Labute approximate surface area is 163 Å². The largest absolute Gasteiger partial charge is 0.370 e. The Kier molecular flexibility index (Phi) is 9.59. The third kappa shape index (κ3) is 9.40. The summed E-state index contributed by atoms with van der Waals surface area (Å²) in [7, 11) is 0. The van der Waals surface area contributed by atoms with Crippen molar-refractivity contribution in [3.63, 3.8) is 0 Å². The average Bonchev–Trinajstić information content (AvgIpc) is 2.62. The lowest BCUT2D eigenvalue weighted by Crippen LogP contribution is -2.30. The number of benzene rings is 1. The maximum atomic E-state index is 5.53. The number of nitrogens with zero attached hydrogens (tertiary/aromatic N) is 2. The molecule has 0 radical (unpaired) electrons. The van der Waals surface area contributed by atoms with Crippen molar-refractivity contribution in [2.24, 2.45) is 10.7 Å². The van der Waals surface area contributed by atoms with Crippen molar-refractivity contribution in [1.82, 2.24) is 10.3 Å². The van der Waals surface area contributed by atoms with Crippen LogP contribution in [-0.4, -0.2) is 17.0 Å². The summed E-state index contributed by atoms with van der Waals surface area (Å²) in [6.45, 7) is 15.6. The van der Waals surface area contributed by atoms with Gasteiger partial charge in [0.1, 0.15) is 0 Å². The van der Waals surface area contributed by atoms with Gasteiger partial charge in [0, 0.05) is 17.5 Å². The lowest BCUT2D eigenvalue weighted by atomic mass is 10.0. The van der Waals surface area contributed by atoms with E-state index in [1.807, 2.05) is 45.2 Å². The van der Waals surface area contributed by atoms with E-state index >= 15 is 0 Å². The highest BCUT2D eigenvalue weighted by Gasteiger charge is 2.00. The number of nitrogens with two attached hydrogens (primary N) is 1. The minimum atomic E-state index is 0.279. The Hall–Kier alpha value is -2.88. The molecule has 144 valence electrons. The second-order valence-electron chi connectivity index (χ2n) is 6.73. The zero-order valence-corrected chi connectivity index (χ0v) is 17.0. The molecule has 0 aliphatic carbocycles. The standard InChI is InChI=1S/C15H15N.C8H17N3/c1-12(2)10-13-6-5-7-14(11-13)15-8-3-4-9-16-15;1-5-7(4)11-8(9)10-6(2)3/h3-9,11H,1,10H2,2H3;7H,2,5H2,1,3-4H3,(H3,9,10,11). The van der Waals surface area contributed by atoms with Gasteiger partial charge in [0.2, 0.25) is 0 Å². The Morgan fingerprint density at radius 1 is 1.19 bits per heavy atom. The number of hydrogen-bond donors (Lipinski definition) is 2. The summed E-state index contributed by atoms with van der Waals surface area (Å²) in [6, 6.07) is 14.7. The fourth-order valence-electron chi connectivity index (χ4n) is 2.30. The van der Waals surface area contributed by atoms with Crippen LogP contribution in [0.25, 0.3) is 11.3 Å². The second kappa shape index (κ2) is 11.7. The molecule has 2 aromatic rings. The van der Waals surface area contributed by atoms with E-state index in [0.717, 1.165) is 24.2 Å². The van der Waals surface area contributed by atoms with Crippen LogP contribution in [0.1, 0.15) is 39.7 Å². The van der Waals surface area contributed by atoms with E-state index in [0.29, 0.717) is 5.96 Å². The molecule has 0 saturated carbocycles. The van der Waals surface area contributed by atoms with Gasteiger partial charge in [-0.2, -0.15) is 0 Å². The van der Waals surface area contributed by atoms with E-state index < -0.39 is 0 Å².